The number of fused-ring (bicyclic) bond motifs is 1. The fourth-order valence-corrected chi connectivity index (χ4v) is 3.55. The second-order valence-corrected chi connectivity index (χ2v) is 6.64. The molecule has 1 aliphatic heterocycles. The molecule has 3 aromatic rings. The predicted molar refractivity (Wildman–Crippen MR) is 96.9 cm³/mol. The van der Waals surface area contributed by atoms with Crippen LogP contribution in [0.25, 0.3) is 11.5 Å². The summed E-state index contributed by atoms with van der Waals surface area (Å²) in [7, 11) is 0. The first-order valence-corrected chi connectivity index (χ1v) is 8.68. The maximum Gasteiger partial charge on any atom is 0.222 e. The first-order valence-electron chi connectivity index (χ1n) is 8.68. The Balaban J connectivity index is 1.86. The van der Waals surface area contributed by atoms with Gasteiger partial charge >= 0.3 is 0 Å². The molecular weight excluding hydrogens is 312 g/mol. The van der Waals surface area contributed by atoms with Crippen molar-refractivity contribution in [2.75, 3.05) is 0 Å². The molecule has 3 heterocycles. The number of benzene rings is 1. The van der Waals surface area contributed by atoms with Crippen molar-refractivity contribution in [1.29, 1.82) is 0 Å². The van der Waals surface area contributed by atoms with Crippen LogP contribution in [0.1, 0.15) is 35.7 Å². The van der Waals surface area contributed by atoms with Gasteiger partial charge in [0.1, 0.15) is 5.82 Å². The van der Waals surface area contributed by atoms with Crippen molar-refractivity contribution in [2.24, 2.45) is 0 Å². The van der Waals surface area contributed by atoms with Crippen LogP contribution >= 0.6 is 0 Å². The molecule has 0 bridgehead atoms. The van der Waals surface area contributed by atoms with E-state index in [1.807, 2.05) is 41.0 Å². The molecule has 1 aromatic carbocycles. The smallest absolute Gasteiger partial charge is 0.222 e. The maximum atomic E-state index is 12.1. The molecule has 0 aliphatic carbocycles. The Morgan fingerprint density at radius 3 is 2.60 bits per heavy atom. The van der Waals surface area contributed by atoms with Crippen LogP contribution in [-0.4, -0.2) is 25.2 Å². The van der Waals surface area contributed by atoms with Crippen LogP contribution in [0.3, 0.4) is 0 Å². The molecule has 0 radical (unpaired) electrons. The van der Waals surface area contributed by atoms with Crippen molar-refractivity contribution in [3.63, 3.8) is 0 Å². The van der Waals surface area contributed by atoms with E-state index in [0.29, 0.717) is 19.5 Å². The topological polar surface area (TPSA) is 43.1 Å². The summed E-state index contributed by atoms with van der Waals surface area (Å²) in [4.78, 5) is 14.0. The molecule has 0 unspecified atom stereocenters. The van der Waals surface area contributed by atoms with Crippen molar-refractivity contribution in [1.82, 2.24) is 19.2 Å². The minimum Gasteiger partial charge on any atom is -0.332 e. The van der Waals surface area contributed by atoms with Crippen LogP contribution in [0.15, 0.2) is 42.7 Å². The minimum absolute atomic E-state index is 0.175. The van der Waals surface area contributed by atoms with E-state index >= 15 is 0 Å². The Morgan fingerprint density at radius 2 is 1.92 bits per heavy atom. The van der Waals surface area contributed by atoms with Crippen LogP contribution < -0.4 is 0 Å². The highest BCUT2D eigenvalue weighted by Gasteiger charge is 2.30. The van der Waals surface area contributed by atoms with E-state index in [2.05, 4.69) is 36.6 Å². The van der Waals surface area contributed by atoms with E-state index in [4.69, 9.17) is 5.10 Å². The molecule has 5 nitrogen and oxygen atoms in total. The van der Waals surface area contributed by atoms with E-state index in [1.165, 1.54) is 11.1 Å². The number of carbonyl (C=O) groups excluding carboxylic acids is 1. The second kappa shape index (κ2) is 5.92. The number of hydrogen-bond acceptors (Lipinski definition) is 2. The van der Waals surface area contributed by atoms with Gasteiger partial charge < -0.3 is 9.47 Å². The van der Waals surface area contributed by atoms with Crippen molar-refractivity contribution in [3.8, 4) is 11.5 Å². The van der Waals surface area contributed by atoms with Crippen LogP contribution in [0.5, 0.6) is 0 Å². The molecule has 128 valence electrons. The zero-order chi connectivity index (χ0) is 17.6. The standard InChI is InChI=1S/C20H22N4O/c1-4-19(25)23-12-16-17(13-23)21-24(20(16)22-9-5-6-10-22)18-8-7-14(2)11-15(18)3/h5-11H,4,12-13H2,1-3H3. The highest BCUT2D eigenvalue weighted by molar-refractivity contribution is 5.76. The summed E-state index contributed by atoms with van der Waals surface area (Å²) >= 11 is 0. The fraction of sp³-hybridized carbons (Fsp3) is 0.300. The van der Waals surface area contributed by atoms with Gasteiger partial charge in [-0.3, -0.25) is 4.79 Å². The molecule has 1 aliphatic rings. The summed E-state index contributed by atoms with van der Waals surface area (Å²) in [6.45, 7) is 7.33. The van der Waals surface area contributed by atoms with Gasteiger partial charge in [-0.2, -0.15) is 5.10 Å². The van der Waals surface area contributed by atoms with Gasteiger partial charge in [-0.05, 0) is 37.6 Å². The number of aromatic nitrogens is 3. The summed E-state index contributed by atoms with van der Waals surface area (Å²) in [6.07, 6.45) is 4.59. The predicted octanol–water partition coefficient (Wildman–Crippen LogP) is 3.53. The number of nitrogens with zero attached hydrogens (tertiary/aromatic N) is 4. The lowest BCUT2D eigenvalue weighted by Crippen LogP contribution is -2.25. The van der Waals surface area contributed by atoms with E-state index in [9.17, 15) is 4.79 Å². The second-order valence-electron chi connectivity index (χ2n) is 6.64. The molecule has 0 atom stereocenters. The Bertz CT molecular complexity index is 937. The van der Waals surface area contributed by atoms with E-state index in [0.717, 1.165) is 22.8 Å². The molecule has 0 fully saturated rings. The molecule has 25 heavy (non-hydrogen) atoms. The molecule has 0 N–H and O–H groups in total. The number of aryl methyl sites for hydroxylation is 2. The SMILES string of the molecule is CCC(=O)N1Cc2nn(-c3ccc(C)cc3C)c(-n3cccc3)c2C1. The first-order chi connectivity index (χ1) is 12.1. The third kappa shape index (κ3) is 2.56. The quantitative estimate of drug-likeness (QED) is 0.735. The minimum atomic E-state index is 0.175. The number of carbonyl (C=O) groups is 1. The lowest BCUT2D eigenvalue weighted by atomic mass is 10.1. The Kier molecular flexibility index (Phi) is 3.71. The van der Waals surface area contributed by atoms with Gasteiger partial charge in [0.2, 0.25) is 5.91 Å². The highest BCUT2D eigenvalue weighted by atomic mass is 16.2. The average Bonchev–Trinajstić information content (AvgIpc) is 3.29. The van der Waals surface area contributed by atoms with Gasteiger partial charge in [0.15, 0.2) is 0 Å². The first kappa shape index (κ1) is 15.7. The van der Waals surface area contributed by atoms with E-state index in [1.54, 1.807) is 0 Å². The van der Waals surface area contributed by atoms with Crippen LogP contribution in [0, 0.1) is 13.8 Å². The summed E-state index contributed by atoms with van der Waals surface area (Å²) < 4.78 is 4.11. The Morgan fingerprint density at radius 1 is 1.16 bits per heavy atom. The van der Waals surface area contributed by atoms with Crippen molar-refractivity contribution in [3.05, 3.63) is 65.1 Å². The van der Waals surface area contributed by atoms with Crippen LogP contribution in [0.2, 0.25) is 0 Å². The summed E-state index contributed by atoms with van der Waals surface area (Å²) in [6, 6.07) is 10.4. The molecule has 1 amide bonds. The molecule has 2 aromatic heterocycles. The summed E-state index contributed by atoms with van der Waals surface area (Å²) in [5.74, 6) is 1.20. The Labute approximate surface area is 147 Å². The van der Waals surface area contributed by atoms with Crippen LogP contribution in [0.4, 0.5) is 0 Å². The summed E-state index contributed by atoms with van der Waals surface area (Å²) in [5, 5.41) is 4.88. The zero-order valence-electron chi connectivity index (χ0n) is 14.9. The van der Waals surface area contributed by atoms with Crippen LogP contribution in [-0.2, 0) is 17.9 Å². The monoisotopic (exact) mass is 334 g/mol. The molecular formula is C20H22N4O. The highest BCUT2D eigenvalue weighted by Crippen LogP contribution is 2.31. The largest absolute Gasteiger partial charge is 0.332 e. The molecule has 0 saturated carbocycles. The molecule has 5 heteroatoms. The average molecular weight is 334 g/mol. The third-order valence-electron chi connectivity index (χ3n) is 4.81. The van der Waals surface area contributed by atoms with Crippen molar-refractivity contribution in [2.45, 2.75) is 40.3 Å². The van der Waals surface area contributed by atoms with Crippen molar-refractivity contribution < 1.29 is 4.79 Å². The molecule has 0 spiro atoms. The molecule has 4 rings (SSSR count). The van der Waals surface area contributed by atoms with Gasteiger partial charge in [-0.25, -0.2) is 4.68 Å². The van der Waals surface area contributed by atoms with Crippen molar-refractivity contribution >= 4 is 5.91 Å². The molecule has 0 saturated heterocycles. The van der Waals surface area contributed by atoms with Gasteiger partial charge in [-0.15, -0.1) is 0 Å². The van der Waals surface area contributed by atoms with Gasteiger partial charge in [0.05, 0.1) is 24.5 Å². The number of hydrogen-bond donors (Lipinski definition) is 0. The van der Waals surface area contributed by atoms with Gasteiger partial charge in [-0.1, -0.05) is 24.6 Å². The van der Waals surface area contributed by atoms with Gasteiger partial charge in [0, 0.05) is 24.4 Å². The number of rotatable bonds is 3. The van der Waals surface area contributed by atoms with E-state index in [-0.39, 0.29) is 5.91 Å². The third-order valence-corrected chi connectivity index (χ3v) is 4.81. The lowest BCUT2D eigenvalue weighted by Gasteiger charge is -2.17. The lowest BCUT2D eigenvalue weighted by molar-refractivity contribution is -0.131. The van der Waals surface area contributed by atoms with Gasteiger partial charge in [0.25, 0.3) is 0 Å². The van der Waals surface area contributed by atoms with E-state index < -0.39 is 0 Å². The maximum absolute atomic E-state index is 12.1. The fourth-order valence-electron chi connectivity index (χ4n) is 3.55. The Hall–Kier alpha value is -2.82. The number of amides is 1. The summed E-state index contributed by atoms with van der Waals surface area (Å²) in [5.41, 5.74) is 5.64. The zero-order valence-corrected chi connectivity index (χ0v) is 14.9. The normalized spacial score (nSPS) is 13.3.